The van der Waals surface area contributed by atoms with Crippen molar-refractivity contribution in [3.05, 3.63) is 83.0 Å². The highest BCUT2D eigenvalue weighted by molar-refractivity contribution is 5.79. The highest BCUT2D eigenvalue weighted by Gasteiger charge is 2.41. The van der Waals surface area contributed by atoms with Gasteiger partial charge in [-0.25, -0.2) is 4.79 Å². The quantitative estimate of drug-likeness (QED) is 0.109. The molecule has 2 aliphatic heterocycles. The Balaban J connectivity index is 1.35. The fourth-order valence-corrected chi connectivity index (χ4v) is 7.68. The van der Waals surface area contributed by atoms with Gasteiger partial charge in [0.2, 0.25) is 0 Å². The number of aromatic hydroxyl groups is 1. The van der Waals surface area contributed by atoms with Crippen LogP contribution in [0, 0.1) is 5.92 Å². The molecule has 5 unspecified atom stereocenters. The fraction of sp³-hybridized carbons (Fsp3) is 0.538. The van der Waals surface area contributed by atoms with Crippen LogP contribution in [0.15, 0.2) is 66.3 Å². The molecule has 0 saturated carbocycles. The molecule has 2 saturated heterocycles. The molecular weight excluding hydrogens is 578 g/mol. The number of esters is 1. The van der Waals surface area contributed by atoms with Gasteiger partial charge in [0, 0.05) is 23.6 Å². The van der Waals surface area contributed by atoms with Crippen LogP contribution in [-0.2, 0) is 20.7 Å². The van der Waals surface area contributed by atoms with Gasteiger partial charge < -0.3 is 24.2 Å². The van der Waals surface area contributed by atoms with Gasteiger partial charge in [-0.05, 0) is 101 Å². The summed E-state index contributed by atoms with van der Waals surface area (Å²) in [5, 5.41) is 11.4. The number of piperidine rings is 1. The molecule has 2 bridgehead atoms. The molecule has 0 aromatic heterocycles. The van der Waals surface area contributed by atoms with E-state index >= 15 is 0 Å². The molecule has 2 aromatic rings. The summed E-state index contributed by atoms with van der Waals surface area (Å²) in [6.07, 6.45) is 10.7. The van der Waals surface area contributed by atoms with Crippen molar-refractivity contribution in [2.75, 3.05) is 13.7 Å². The molecule has 2 heterocycles. The standard InChI is InChI=1S/C39H51NO6/c1-6-7-9-12-27-20-35(41)37(33-19-26(4)15-18-32(33)25(2)3)36(21-27)46-39(43)44-24-34(28-13-10-8-11-14-28)38(42)45-31-22-29-16-17-30(23-31)40(29)5/h8,10-11,13-14,19-21,29-34,41H,2,6-7,9,12,15-18,22-24H2,1,3-5H3. The third-order valence-electron chi connectivity index (χ3n) is 10.3. The molecule has 46 heavy (non-hydrogen) atoms. The molecule has 2 fully saturated rings. The molecule has 0 radical (unpaired) electrons. The van der Waals surface area contributed by atoms with Crippen LogP contribution in [0.3, 0.4) is 0 Å². The minimum Gasteiger partial charge on any atom is -0.507 e. The van der Waals surface area contributed by atoms with Crippen LogP contribution < -0.4 is 4.74 Å². The first-order chi connectivity index (χ1) is 22.1. The Morgan fingerprint density at radius 1 is 1.07 bits per heavy atom. The predicted octanol–water partition coefficient (Wildman–Crippen LogP) is 8.61. The topological polar surface area (TPSA) is 85.3 Å². The molecular formula is C39H51NO6. The summed E-state index contributed by atoms with van der Waals surface area (Å²) in [7, 11) is 2.16. The van der Waals surface area contributed by atoms with Crippen molar-refractivity contribution in [3.8, 4) is 11.5 Å². The number of aryl methyl sites for hydroxylation is 1. The minimum atomic E-state index is -0.916. The van der Waals surface area contributed by atoms with Crippen molar-refractivity contribution in [3.63, 3.8) is 0 Å². The summed E-state index contributed by atoms with van der Waals surface area (Å²) in [5.74, 6) is -0.856. The Labute approximate surface area is 274 Å². The zero-order valence-electron chi connectivity index (χ0n) is 28.0. The van der Waals surface area contributed by atoms with E-state index in [2.05, 4.69) is 38.5 Å². The van der Waals surface area contributed by atoms with Crippen LogP contribution in [0.4, 0.5) is 4.79 Å². The number of benzene rings is 2. The molecule has 3 aliphatic rings. The second-order valence-corrected chi connectivity index (χ2v) is 13.7. The molecule has 1 N–H and O–H groups in total. The first-order valence-electron chi connectivity index (χ1n) is 17.1. The lowest BCUT2D eigenvalue weighted by Gasteiger charge is -2.36. The Morgan fingerprint density at radius 2 is 1.78 bits per heavy atom. The number of hydrogen-bond acceptors (Lipinski definition) is 7. The molecule has 7 heteroatoms. The maximum Gasteiger partial charge on any atom is 0.513 e. The first kappa shape index (κ1) is 33.8. The lowest BCUT2D eigenvalue weighted by atomic mass is 9.73. The minimum absolute atomic E-state index is 0.103. The van der Waals surface area contributed by atoms with E-state index in [0.717, 1.165) is 80.9 Å². The van der Waals surface area contributed by atoms with Gasteiger partial charge in [0.15, 0.2) is 0 Å². The maximum atomic E-state index is 13.6. The molecule has 248 valence electrons. The molecule has 5 rings (SSSR count). The van der Waals surface area contributed by atoms with Gasteiger partial charge in [-0.3, -0.25) is 4.79 Å². The van der Waals surface area contributed by atoms with Crippen LogP contribution in [0.5, 0.6) is 11.5 Å². The highest BCUT2D eigenvalue weighted by Crippen LogP contribution is 2.47. The van der Waals surface area contributed by atoms with Crippen molar-refractivity contribution >= 4 is 12.1 Å². The molecule has 2 aromatic carbocycles. The Morgan fingerprint density at radius 3 is 2.46 bits per heavy atom. The monoisotopic (exact) mass is 629 g/mol. The molecule has 7 nitrogen and oxygen atoms in total. The van der Waals surface area contributed by atoms with Gasteiger partial charge in [0.05, 0.1) is 0 Å². The number of fused-ring (bicyclic) bond motifs is 2. The summed E-state index contributed by atoms with van der Waals surface area (Å²) in [6, 6.07) is 13.8. The summed E-state index contributed by atoms with van der Waals surface area (Å²) in [6.45, 7) is 10.3. The van der Waals surface area contributed by atoms with Crippen molar-refractivity contribution in [1.82, 2.24) is 4.90 Å². The van der Waals surface area contributed by atoms with Crippen LogP contribution in [0.25, 0.3) is 0 Å². The molecule has 1 aliphatic carbocycles. The van der Waals surface area contributed by atoms with Crippen molar-refractivity contribution in [1.29, 1.82) is 0 Å². The van der Waals surface area contributed by atoms with E-state index in [-0.39, 0.29) is 30.3 Å². The van der Waals surface area contributed by atoms with Crippen LogP contribution in [0.2, 0.25) is 0 Å². The van der Waals surface area contributed by atoms with Gasteiger partial charge in [0.25, 0.3) is 0 Å². The number of rotatable bonds is 12. The largest absolute Gasteiger partial charge is 0.513 e. The van der Waals surface area contributed by atoms with Crippen molar-refractivity contribution in [2.24, 2.45) is 5.92 Å². The fourth-order valence-electron chi connectivity index (χ4n) is 7.68. The lowest BCUT2D eigenvalue weighted by Crippen LogP contribution is -2.44. The number of hydrogen-bond donors (Lipinski definition) is 1. The SMILES string of the molecule is C=C(C)C1CCC(C)=CC1c1c(O)cc(CCCCC)cc1OC(=O)OCC(C(=O)OC1CC2CCC(C1)N2C)c1ccccc1. The van der Waals surface area contributed by atoms with E-state index in [1.807, 2.05) is 43.3 Å². The van der Waals surface area contributed by atoms with E-state index in [1.54, 1.807) is 6.07 Å². The zero-order valence-corrected chi connectivity index (χ0v) is 28.0. The van der Waals surface area contributed by atoms with Crippen LogP contribution in [0.1, 0.15) is 107 Å². The summed E-state index contributed by atoms with van der Waals surface area (Å²) in [5.41, 5.74) is 4.44. The number of ether oxygens (including phenoxy) is 3. The molecule has 0 amide bonds. The molecule has 0 spiro atoms. The number of carbonyl (C=O) groups excluding carboxylic acids is 2. The zero-order chi connectivity index (χ0) is 32.8. The van der Waals surface area contributed by atoms with Crippen molar-refractivity contribution in [2.45, 2.75) is 115 Å². The summed E-state index contributed by atoms with van der Waals surface area (Å²) < 4.78 is 17.7. The van der Waals surface area contributed by atoms with Gasteiger partial charge in [0.1, 0.15) is 30.1 Å². The normalized spacial score (nSPS) is 25.0. The maximum absolute atomic E-state index is 13.6. The number of unbranched alkanes of at least 4 members (excludes halogenated alkanes) is 2. The predicted molar refractivity (Wildman–Crippen MR) is 180 cm³/mol. The lowest BCUT2D eigenvalue weighted by molar-refractivity contribution is -0.155. The Kier molecular flexibility index (Phi) is 11.3. The summed E-state index contributed by atoms with van der Waals surface area (Å²) in [4.78, 5) is 29.4. The number of phenols is 1. The smallest absolute Gasteiger partial charge is 0.507 e. The van der Waals surface area contributed by atoms with Gasteiger partial charge in [-0.2, -0.15) is 0 Å². The van der Waals surface area contributed by atoms with Gasteiger partial charge >= 0.3 is 12.1 Å². The van der Waals surface area contributed by atoms with E-state index in [1.165, 1.54) is 5.57 Å². The highest BCUT2D eigenvalue weighted by atomic mass is 16.7. The number of carbonyl (C=O) groups is 2. The van der Waals surface area contributed by atoms with E-state index in [0.29, 0.717) is 23.4 Å². The third kappa shape index (κ3) is 8.03. The van der Waals surface area contributed by atoms with Gasteiger partial charge in [-0.1, -0.05) is 73.9 Å². The van der Waals surface area contributed by atoms with Crippen LogP contribution in [-0.4, -0.2) is 54.0 Å². The number of nitrogens with zero attached hydrogens (tertiary/aromatic N) is 1. The first-order valence-corrected chi connectivity index (χ1v) is 17.1. The summed E-state index contributed by atoms with van der Waals surface area (Å²) >= 11 is 0. The Hall–Kier alpha value is -3.58. The number of phenolic OH excluding ortho intramolecular Hbond substituents is 1. The second kappa shape index (κ2) is 15.3. The van der Waals surface area contributed by atoms with Crippen molar-refractivity contribution < 1.29 is 28.9 Å². The number of allylic oxidation sites excluding steroid dienone is 3. The molecule has 5 atom stereocenters. The van der Waals surface area contributed by atoms with Gasteiger partial charge in [-0.15, -0.1) is 0 Å². The second-order valence-electron chi connectivity index (χ2n) is 13.7. The Bertz CT molecular complexity index is 1400. The van der Waals surface area contributed by atoms with E-state index in [4.69, 9.17) is 14.2 Å². The average Bonchev–Trinajstić information content (AvgIpc) is 3.21. The van der Waals surface area contributed by atoms with Crippen LogP contribution >= 0.6 is 0 Å². The van der Waals surface area contributed by atoms with E-state index in [9.17, 15) is 14.7 Å². The average molecular weight is 630 g/mol. The third-order valence-corrected chi connectivity index (χ3v) is 10.3. The van der Waals surface area contributed by atoms with E-state index < -0.39 is 18.0 Å².